The van der Waals surface area contributed by atoms with Crippen LogP contribution in [0, 0.1) is 0 Å². The van der Waals surface area contributed by atoms with Gasteiger partial charge in [-0.1, -0.05) is 6.07 Å². The highest BCUT2D eigenvalue weighted by Crippen LogP contribution is 2.14. The summed E-state index contributed by atoms with van der Waals surface area (Å²) in [6.45, 7) is 0.390. The summed E-state index contributed by atoms with van der Waals surface area (Å²) in [6.07, 6.45) is 6.25. The molecule has 122 valence electrons. The number of carbonyl (C=O) groups is 1. The largest absolute Gasteiger partial charge is 0.362 e. The number of amides is 1. The van der Waals surface area contributed by atoms with E-state index in [4.69, 9.17) is 0 Å². The predicted octanol–water partition coefficient (Wildman–Crippen LogP) is 1.05. The molecular weight excluding hydrogens is 306 g/mol. The Morgan fingerprint density at radius 1 is 1.25 bits per heavy atom. The summed E-state index contributed by atoms with van der Waals surface area (Å²) < 4.78 is 1.50. The quantitative estimate of drug-likeness (QED) is 0.755. The van der Waals surface area contributed by atoms with Crippen molar-refractivity contribution in [3.63, 3.8) is 0 Å². The Kier molecular flexibility index (Phi) is 4.46. The zero-order valence-electron chi connectivity index (χ0n) is 13.4. The highest BCUT2D eigenvalue weighted by Gasteiger charge is 2.10. The fourth-order valence-electron chi connectivity index (χ4n) is 2.26. The number of nitrogens with zero attached hydrogens (tertiary/aromatic N) is 6. The first-order valence-corrected chi connectivity index (χ1v) is 7.35. The van der Waals surface area contributed by atoms with Gasteiger partial charge in [-0.15, -0.1) is 0 Å². The third kappa shape index (κ3) is 3.37. The minimum Gasteiger partial charge on any atom is -0.362 e. The smallest absolute Gasteiger partial charge is 0.251 e. The molecule has 0 spiro atoms. The normalized spacial score (nSPS) is 10.4. The molecule has 0 bridgehead atoms. The maximum absolute atomic E-state index is 12.4. The monoisotopic (exact) mass is 323 g/mol. The molecule has 24 heavy (non-hydrogen) atoms. The molecule has 0 saturated carbocycles. The molecule has 3 aromatic heterocycles. The Hall–Kier alpha value is -3.29. The molecule has 8 nitrogen and oxygen atoms in total. The van der Waals surface area contributed by atoms with Crippen molar-refractivity contribution in [2.75, 3.05) is 19.0 Å². The molecule has 3 aromatic rings. The average molecular weight is 323 g/mol. The van der Waals surface area contributed by atoms with Crippen LogP contribution >= 0.6 is 0 Å². The third-order valence-corrected chi connectivity index (χ3v) is 3.39. The summed E-state index contributed by atoms with van der Waals surface area (Å²) in [7, 11) is 3.84. The Bertz CT molecular complexity index is 830. The lowest BCUT2D eigenvalue weighted by Crippen LogP contribution is -2.24. The van der Waals surface area contributed by atoms with E-state index < -0.39 is 0 Å². The molecule has 0 unspecified atom stereocenters. The average Bonchev–Trinajstić information content (AvgIpc) is 3.14. The van der Waals surface area contributed by atoms with E-state index in [9.17, 15) is 4.79 Å². The van der Waals surface area contributed by atoms with Crippen molar-refractivity contribution in [3.8, 4) is 5.82 Å². The van der Waals surface area contributed by atoms with Crippen LogP contribution in [-0.4, -0.2) is 44.7 Å². The lowest BCUT2D eigenvalue weighted by molar-refractivity contribution is 0.0951. The van der Waals surface area contributed by atoms with Gasteiger partial charge in [-0.25, -0.2) is 19.6 Å². The summed E-state index contributed by atoms with van der Waals surface area (Å²) in [4.78, 5) is 26.7. The summed E-state index contributed by atoms with van der Waals surface area (Å²) >= 11 is 0. The second-order valence-corrected chi connectivity index (χ2v) is 5.31. The standard InChI is InChI=1S/C16H17N7O/c1-22(2)15-13(4-3-6-19-15)9-20-16(24)12-5-7-18-14(8-12)23-11-17-10-21-23/h3-8,10-11H,9H2,1-2H3,(H,20,24). The number of pyridine rings is 2. The molecule has 0 aliphatic rings. The molecule has 0 aromatic carbocycles. The van der Waals surface area contributed by atoms with Crippen LogP contribution < -0.4 is 10.2 Å². The van der Waals surface area contributed by atoms with Crippen molar-refractivity contribution < 1.29 is 4.79 Å². The Balaban J connectivity index is 1.73. The molecule has 0 atom stereocenters. The highest BCUT2D eigenvalue weighted by atomic mass is 16.1. The van der Waals surface area contributed by atoms with Crippen LogP contribution in [0.2, 0.25) is 0 Å². The molecule has 0 fully saturated rings. The summed E-state index contributed by atoms with van der Waals surface area (Å²) in [5.74, 6) is 1.18. The van der Waals surface area contributed by atoms with E-state index >= 15 is 0 Å². The number of hydrogen-bond acceptors (Lipinski definition) is 6. The number of anilines is 1. The zero-order valence-corrected chi connectivity index (χ0v) is 13.4. The van der Waals surface area contributed by atoms with Gasteiger partial charge in [0.25, 0.3) is 5.91 Å². The van der Waals surface area contributed by atoms with Crippen molar-refractivity contribution in [1.29, 1.82) is 0 Å². The van der Waals surface area contributed by atoms with Crippen LogP contribution in [0.4, 0.5) is 5.82 Å². The number of rotatable bonds is 5. The summed E-state index contributed by atoms with van der Waals surface area (Å²) in [5.41, 5.74) is 1.45. The second kappa shape index (κ2) is 6.86. The number of carbonyl (C=O) groups excluding carboxylic acids is 1. The number of nitrogens with one attached hydrogen (secondary N) is 1. The van der Waals surface area contributed by atoms with Crippen molar-refractivity contribution in [2.24, 2.45) is 0 Å². The van der Waals surface area contributed by atoms with Crippen molar-refractivity contribution in [3.05, 3.63) is 60.4 Å². The fourth-order valence-corrected chi connectivity index (χ4v) is 2.26. The van der Waals surface area contributed by atoms with Crippen LogP contribution in [0.3, 0.4) is 0 Å². The SMILES string of the molecule is CN(C)c1ncccc1CNC(=O)c1ccnc(-n2cncn2)c1. The van der Waals surface area contributed by atoms with E-state index in [0.717, 1.165) is 11.4 Å². The van der Waals surface area contributed by atoms with E-state index in [1.165, 1.54) is 17.3 Å². The van der Waals surface area contributed by atoms with Gasteiger partial charge >= 0.3 is 0 Å². The van der Waals surface area contributed by atoms with Gasteiger partial charge in [-0.05, 0) is 18.2 Å². The van der Waals surface area contributed by atoms with E-state index in [1.807, 2.05) is 31.1 Å². The molecule has 1 N–H and O–H groups in total. The van der Waals surface area contributed by atoms with Gasteiger partial charge in [-0.3, -0.25) is 4.79 Å². The van der Waals surface area contributed by atoms with Gasteiger partial charge in [0.2, 0.25) is 0 Å². The maximum atomic E-state index is 12.4. The lowest BCUT2D eigenvalue weighted by Gasteiger charge is -2.16. The van der Waals surface area contributed by atoms with Crippen LogP contribution in [0.1, 0.15) is 15.9 Å². The van der Waals surface area contributed by atoms with E-state index in [1.54, 1.807) is 24.5 Å². The van der Waals surface area contributed by atoms with Gasteiger partial charge in [0.1, 0.15) is 18.5 Å². The topological polar surface area (TPSA) is 88.8 Å². The maximum Gasteiger partial charge on any atom is 0.251 e. The number of hydrogen-bond donors (Lipinski definition) is 1. The molecule has 0 aliphatic carbocycles. The minimum atomic E-state index is -0.188. The molecule has 8 heteroatoms. The van der Waals surface area contributed by atoms with Gasteiger partial charge < -0.3 is 10.2 Å². The lowest BCUT2D eigenvalue weighted by atomic mass is 10.2. The van der Waals surface area contributed by atoms with E-state index in [2.05, 4.69) is 25.4 Å². The van der Waals surface area contributed by atoms with Crippen LogP contribution in [0.15, 0.2) is 49.3 Å². The molecule has 3 rings (SSSR count). The first-order chi connectivity index (χ1) is 11.6. The first kappa shape index (κ1) is 15.6. The molecule has 0 saturated heterocycles. The molecular formula is C16H17N7O. The third-order valence-electron chi connectivity index (χ3n) is 3.39. The van der Waals surface area contributed by atoms with E-state index in [-0.39, 0.29) is 5.91 Å². The van der Waals surface area contributed by atoms with Crippen LogP contribution in [0.5, 0.6) is 0 Å². The molecule has 3 heterocycles. The van der Waals surface area contributed by atoms with Gasteiger partial charge in [0.05, 0.1) is 0 Å². The first-order valence-electron chi connectivity index (χ1n) is 7.35. The molecule has 0 aliphatic heterocycles. The summed E-state index contributed by atoms with van der Waals surface area (Å²) in [6, 6.07) is 7.12. The zero-order chi connectivity index (χ0) is 16.9. The van der Waals surface area contributed by atoms with Gasteiger partial charge in [-0.2, -0.15) is 5.10 Å². The summed E-state index contributed by atoms with van der Waals surface area (Å²) in [5, 5.41) is 6.91. The van der Waals surface area contributed by atoms with Gasteiger partial charge in [0, 0.05) is 44.2 Å². The minimum absolute atomic E-state index is 0.188. The predicted molar refractivity (Wildman–Crippen MR) is 88.9 cm³/mol. The number of aromatic nitrogens is 5. The van der Waals surface area contributed by atoms with Crippen LogP contribution in [0.25, 0.3) is 5.82 Å². The highest BCUT2D eigenvalue weighted by molar-refractivity contribution is 5.94. The Morgan fingerprint density at radius 3 is 2.88 bits per heavy atom. The van der Waals surface area contributed by atoms with Crippen molar-refractivity contribution in [2.45, 2.75) is 6.54 Å². The van der Waals surface area contributed by atoms with Crippen molar-refractivity contribution >= 4 is 11.7 Å². The Morgan fingerprint density at radius 2 is 2.12 bits per heavy atom. The molecule has 0 radical (unpaired) electrons. The fraction of sp³-hybridized carbons (Fsp3) is 0.188. The second-order valence-electron chi connectivity index (χ2n) is 5.31. The van der Waals surface area contributed by atoms with Gasteiger partial charge in [0.15, 0.2) is 5.82 Å². The van der Waals surface area contributed by atoms with Crippen molar-refractivity contribution in [1.82, 2.24) is 30.0 Å². The van der Waals surface area contributed by atoms with Crippen LogP contribution in [-0.2, 0) is 6.54 Å². The Labute approximate surface area is 139 Å². The molecule has 1 amide bonds. The van der Waals surface area contributed by atoms with E-state index in [0.29, 0.717) is 17.9 Å².